The van der Waals surface area contributed by atoms with Crippen LogP contribution < -0.4 is 15.2 Å². The van der Waals surface area contributed by atoms with Gasteiger partial charge in [0.2, 0.25) is 10.0 Å². The maximum Gasteiger partial charge on any atom is 0.255 e. The number of amides is 1. The van der Waals surface area contributed by atoms with Gasteiger partial charge >= 0.3 is 0 Å². The first kappa shape index (κ1) is 20.3. The van der Waals surface area contributed by atoms with E-state index >= 15 is 0 Å². The third-order valence-electron chi connectivity index (χ3n) is 5.35. The molecule has 1 saturated carbocycles. The van der Waals surface area contributed by atoms with E-state index in [4.69, 9.17) is 9.88 Å². The van der Waals surface area contributed by atoms with Crippen molar-refractivity contribution in [3.05, 3.63) is 59.4 Å². The van der Waals surface area contributed by atoms with Crippen molar-refractivity contribution >= 4 is 15.9 Å². The Morgan fingerprint density at radius 1 is 1.18 bits per heavy atom. The Morgan fingerprint density at radius 3 is 2.39 bits per heavy atom. The van der Waals surface area contributed by atoms with Gasteiger partial charge in [0.1, 0.15) is 11.6 Å². The van der Waals surface area contributed by atoms with E-state index in [1.54, 1.807) is 12.1 Å². The van der Waals surface area contributed by atoms with Crippen LogP contribution in [0.1, 0.15) is 41.6 Å². The van der Waals surface area contributed by atoms with Crippen LogP contribution in [0.15, 0.2) is 47.4 Å². The zero-order valence-electron chi connectivity index (χ0n) is 15.6. The second-order valence-corrected chi connectivity index (χ2v) is 8.65. The molecule has 0 aliphatic heterocycles. The van der Waals surface area contributed by atoms with E-state index < -0.39 is 15.9 Å². The van der Waals surface area contributed by atoms with Crippen LogP contribution >= 0.6 is 0 Å². The van der Waals surface area contributed by atoms with Gasteiger partial charge in [-0.2, -0.15) is 0 Å². The van der Waals surface area contributed by atoms with Gasteiger partial charge in [0.25, 0.3) is 5.91 Å². The minimum Gasteiger partial charge on any atom is -0.496 e. The first-order valence-corrected chi connectivity index (χ1v) is 10.5. The minimum absolute atomic E-state index is 0.0984. The molecule has 1 aliphatic rings. The Labute approximate surface area is 163 Å². The third kappa shape index (κ3) is 4.18. The molecule has 1 fully saturated rings. The molecule has 3 N–H and O–H groups in total. The molecule has 6 nitrogen and oxygen atoms in total. The molecule has 1 aliphatic carbocycles. The Kier molecular flexibility index (Phi) is 5.71. The fourth-order valence-electron chi connectivity index (χ4n) is 3.81. The van der Waals surface area contributed by atoms with E-state index in [9.17, 15) is 17.6 Å². The fourth-order valence-corrected chi connectivity index (χ4v) is 4.35. The van der Waals surface area contributed by atoms with Crippen LogP contribution in [0.25, 0.3) is 0 Å². The van der Waals surface area contributed by atoms with E-state index in [1.807, 2.05) is 0 Å². The van der Waals surface area contributed by atoms with Crippen LogP contribution in [0.4, 0.5) is 4.39 Å². The summed E-state index contributed by atoms with van der Waals surface area (Å²) in [6, 6.07) is 10.3. The first-order valence-electron chi connectivity index (χ1n) is 9.00. The Morgan fingerprint density at radius 2 is 1.82 bits per heavy atom. The van der Waals surface area contributed by atoms with Gasteiger partial charge in [-0.1, -0.05) is 25.0 Å². The van der Waals surface area contributed by atoms with Crippen LogP contribution in [-0.2, 0) is 15.4 Å². The predicted molar refractivity (Wildman–Crippen MR) is 103 cm³/mol. The SMILES string of the molecule is COc1ccc(S(N)(=O)=O)cc1C(=O)NCC1(c2ccc(F)cc2)CCCC1. The van der Waals surface area contributed by atoms with E-state index in [-0.39, 0.29) is 27.4 Å². The number of carbonyl (C=O) groups excluding carboxylic acids is 1. The Hall–Kier alpha value is -2.45. The quantitative estimate of drug-likeness (QED) is 0.771. The summed E-state index contributed by atoms with van der Waals surface area (Å²) in [7, 11) is -2.54. The van der Waals surface area contributed by atoms with Gasteiger partial charge in [-0.25, -0.2) is 17.9 Å². The van der Waals surface area contributed by atoms with Crippen LogP contribution in [0, 0.1) is 5.82 Å². The smallest absolute Gasteiger partial charge is 0.255 e. The van der Waals surface area contributed by atoms with Gasteiger partial charge in [0, 0.05) is 12.0 Å². The van der Waals surface area contributed by atoms with Gasteiger partial charge in [-0.05, 0) is 48.7 Å². The van der Waals surface area contributed by atoms with E-state index in [0.717, 1.165) is 31.2 Å². The van der Waals surface area contributed by atoms with E-state index in [0.29, 0.717) is 6.54 Å². The molecule has 3 rings (SSSR count). The molecule has 150 valence electrons. The van der Waals surface area contributed by atoms with Crippen LogP contribution in [0.2, 0.25) is 0 Å². The first-order chi connectivity index (χ1) is 13.2. The van der Waals surface area contributed by atoms with Gasteiger partial charge in [0.05, 0.1) is 17.6 Å². The summed E-state index contributed by atoms with van der Waals surface area (Å²) in [5.74, 6) is -0.492. The van der Waals surface area contributed by atoms with Crippen molar-refractivity contribution in [3.8, 4) is 5.75 Å². The number of nitrogens with one attached hydrogen (secondary N) is 1. The summed E-state index contributed by atoms with van der Waals surface area (Å²) in [6.07, 6.45) is 3.81. The molecule has 0 aromatic heterocycles. The number of carbonyl (C=O) groups is 1. The second kappa shape index (κ2) is 7.89. The molecule has 8 heteroatoms. The average molecular weight is 406 g/mol. The van der Waals surface area contributed by atoms with Crippen molar-refractivity contribution in [2.45, 2.75) is 36.0 Å². The summed E-state index contributed by atoms with van der Waals surface area (Å²) in [5.41, 5.74) is 0.812. The number of halogens is 1. The van der Waals surface area contributed by atoms with Crippen molar-refractivity contribution in [3.63, 3.8) is 0 Å². The Bertz CT molecular complexity index is 968. The molecule has 0 radical (unpaired) electrons. The topological polar surface area (TPSA) is 98.5 Å². The zero-order valence-corrected chi connectivity index (χ0v) is 16.4. The summed E-state index contributed by atoms with van der Waals surface area (Å²) in [4.78, 5) is 12.6. The summed E-state index contributed by atoms with van der Waals surface area (Å²) in [5, 5.41) is 8.07. The lowest BCUT2D eigenvalue weighted by molar-refractivity contribution is 0.0940. The monoisotopic (exact) mass is 406 g/mol. The predicted octanol–water partition coefficient (Wildman–Crippen LogP) is 2.72. The fraction of sp³-hybridized carbons (Fsp3) is 0.350. The molecule has 2 aromatic rings. The largest absolute Gasteiger partial charge is 0.496 e. The van der Waals surface area contributed by atoms with Crippen molar-refractivity contribution in [1.82, 2.24) is 5.32 Å². The van der Waals surface area contributed by atoms with Crippen LogP contribution in [0.3, 0.4) is 0 Å². The molecule has 0 unspecified atom stereocenters. The third-order valence-corrected chi connectivity index (χ3v) is 6.26. The summed E-state index contributed by atoms with van der Waals surface area (Å²) in [6.45, 7) is 0.361. The highest BCUT2D eigenvalue weighted by molar-refractivity contribution is 7.89. The molecule has 0 atom stereocenters. The molecule has 0 bridgehead atoms. The number of hydrogen-bond acceptors (Lipinski definition) is 4. The summed E-state index contributed by atoms with van der Waals surface area (Å²) >= 11 is 0. The zero-order chi connectivity index (χ0) is 20.4. The molecule has 2 aromatic carbocycles. The number of hydrogen-bond donors (Lipinski definition) is 2. The van der Waals surface area contributed by atoms with Crippen molar-refractivity contribution in [2.24, 2.45) is 5.14 Å². The number of methoxy groups -OCH3 is 1. The lowest BCUT2D eigenvalue weighted by Crippen LogP contribution is -2.39. The number of sulfonamides is 1. The number of benzene rings is 2. The van der Waals surface area contributed by atoms with Gasteiger partial charge in [-0.3, -0.25) is 4.79 Å². The highest BCUT2D eigenvalue weighted by atomic mass is 32.2. The molecule has 28 heavy (non-hydrogen) atoms. The van der Waals surface area contributed by atoms with Gasteiger partial charge in [0.15, 0.2) is 0 Å². The molecule has 0 saturated heterocycles. The highest BCUT2D eigenvalue weighted by Gasteiger charge is 2.36. The molecule has 0 spiro atoms. The van der Waals surface area contributed by atoms with E-state index in [1.165, 1.54) is 37.4 Å². The number of rotatable bonds is 6. The molecule has 1 amide bonds. The average Bonchev–Trinajstić information content (AvgIpc) is 3.15. The minimum atomic E-state index is -3.94. The second-order valence-electron chi connectivity index (χ2n) is 7.08. The van der Waals surface area contributed by atoms with E-state index in [2.05, 4.69) is 5.32 Å². The number of nitrogens with two attached hydrogens (primary N) is 1. The normalized spacial score (nSPS) is 16.0. The molecule has 0 heterocycles. The van der Waals surface area contributed by atoms with Gasteiger partial charge in [-0.15, -0.1) is 0 Å². The van der Waals surface area contributed by atoms with Gasteiger partial charge < -0.3 is 10.1 Å². The van der Waals surface area contributed by atoms with Crippen molar-refractivity contribution < 1.29 is 22.3 Å². The molecular weight excluding hydrogens is 383 g/mol. The van der Waals surface area contributed by atoms with Crippen LogP contribution in [-0.4, -0.2) is 28.0 Å². The number of primary sulfonamides is 1. The maximum atomic E-state index is 13.3. The Balaban J connectivity index is 1.85. The lowest BCUT2D eigenvalue weighted by Gasteiger charge is -2.30. The standard InChI is InChI=1S/C20H23FN2O4S/c1-27-18-9-8-16(28(22,25)26)12-17(18)19(24)23-13-20(10-2-3-11-20)14-4-6-15(21)7-5-14/h4-9,12H,2-3,10-11,13H2,1H3,(H,23,24)(H2,22,25,26). The summed E-state index contributed by atoms with van der Waals surface area (Å²) < 4.78 is 41.7. The highest BCUT2D eigenvalue weighted by Crippen LogP contribution is 2.40. The van der Waals surface area contributed by atoms with Crippen molar-refractivity contribution in [2.75, 3.05) is 13.7 Å². The maximum absolute atomic E-state index is 13.3. The van der Waals surface area contributed by atoms with Crippen molar-refractivity contribution in [1.29, 1.82) is 0 Å². The van der Waals surface area contributed by atoms with Crippen LogP contribution in [0.5, 0.6) is 5.75 Å². The molecular formula is C20H23FN2O4S. The number of ether oxygens (including phenoxy) is 1. The lowest BCUT2D eigenvalue weighted by atomic mass is 9.78.